The molecule has 0 aliphatic carbocycles. The Labute approximate surface area is 103 Å². The van der Waals surface area contributed by atoms with Crippen molar-refractivity contribution in [2.75, 3.05) is 30.8 Å². The maximum Gasteiger partial charge on any atom is 0.133 e. The van der Waals surface area contributed by atoms with Crippen molar-refractivity contribution in [3.8, 4) is 0 Å². The first kappa shape index (κ1) is 13.7. The van der Waals surface area contributed by atoms with Crippen LogP contribution >= 0.6 is 0 Å². The predicted octanol–water partition coefficient (Wildman–Crippen LogP) is 1.85. The molecule has 0 saturated heterocycles. The van der Waals surface area contributed by atoms with Crippen LogP contribution in [0.2, 0.25) is 0 Å². The Morgan fingerprint density at radius 3 is 2.88 bits per heavy atom. The van der Waals surface area contributed by atoms with Gasteiger partial charge in [0.2, 0.25) is 0 Å². The van der Waals surface area contributed by atoms with Gasteiger partial charge < -0.3 is 15.8 Å². The number of hydrogen-bond acceptors (Lipinski definition) is 5. The van der Waals surface area contributed by atoms with Crippen LogP contribution in [-0.2, 0) is 11.2 Å². The Hall–Kier alpha value is -1.36. The average molecular weight is 238 g/mol. The Morgan fingerprint density at radius 1 is 1.35 bits per heavy atom. The fraction of sp³-hybridized carbons (Fsp3) is 0.667. The summed E-state index contributed by atoms with van der Waals surface area (Å²) in [4.78, 5) is 8.58. The van der Waals surface area contributed by atoms with Gasteiger partial charge in [-0.25, -0.2) is 9.97 Å². The highest BCUT2D eigenvalue weighted by molar-refractivity contribution is 5.44. The minimum absolute atomic E-state index is 0.524. The number of nitrogens with zero attached hydrogens (tertiary/aromatic N) is 2. The van der Waals surface area contributed by atoms with Gasteiger partial charge in [-0.1, -0.05) is 6.92 Å². The molecular weight excluding hydrogens is 216 g/mol. The molecule has 1 rings (SSSR count). The van der Waals surface area contributed by atoms with E-state index < -0.39 is 0 Å². The Balaban J connectivity index is 2.41. The first-order chi connectivity index (χ1) is 8.26. The quantitative estimate of drug-likeness (QED) is 0.676. The molecule has 1 aromatic heterocycles. The number of anilines is 2. The van der Waals surface area contributed by atoms with Crippen LogP contribution in [0.25, 0.3) is 0 Å². The minimum atomic E-state index is 0.524. The van der Waals surface area contributed by atoms with E-state index in [0.29, 0.717) is 5.82 Å². The number of hydrogen-bond donors (Lipinski definition) is 2. The summed E-state index contributed by atoms with van der Waals surface area (Å²) < 4.78 is 5.26. The molecule has 0 spiro atoms. The van der Waals surface area contributed by atoms with Crippen LogP contribution in [0.15, 0.2) is 6.07 Å². The SMILES string of the molecule is CCCc1nc(N)cc(NCCCOCC)n1. The van der Waals surface area contributed by atoms with Crippen LogP contribution in [0, 0.1) is 0 Å². The zero-order valence-electron chi connectivity index (χ0n) is 10.7. The summed E-state index contributed by atoms with van der Waals surface area (Å²) in [5.74, 6) is 2.13. The van der Waals surface area contributed by atoms with Crippen molar-refractivity contribution in [1.82, 2.24) is 9.97 Å². The molecule has 5 heteroatoms. The number of rotatable bonds is 8. The molecule has 0 saturated carbocycles. The highest BCUT2D eigenvalue weighted by Crippen LogP contribution is 2.09. The molecule has 3 N–H and O–H groups in total. The van der Waals surface area contributed by atoms with Crippen LogP contribution < -0.4 is 11.1 Å². The first-order valence-electron chi connectivity index (χ1n) is 6.21. The molecule has 0 atom stereocenters. The lowest BCUT2D eigenvalue weighted by atomic mass is 10.3. The normalized spacial score (nSPS) is 10.5. The topological polar surface area (TPSA) is 73.1 Å². The molecule has 1 aromatic rings. The number of aromatic nitrogens is 2. The molecule has 0 unspecified atom stereocenters. The lowest BCUT2D eigenvalue weighted by Crippen LogP contribution is -2.09. The highest BCUT2D eigenvalue weighted by Gasteiger charge is 2.01. The summed E-state index contributed by atoms with van der Waals surface area (Å²) >= 11 is 0. The lowest BCUT2D eigenvalue weighted by molar-refractivity contribution is 0.147. The summed E-state index contributed by atoms with van der Waals surface area (Å²) in [5.41, 5.74) is 5.73. The average Bonchev–Trinajstić information content (AvgIpc) is 2.28. The van der Waals surface area contributed by atoms with Crippen molar-refractivity contribution in [3.05, 3.63) is 11.9 Å². The van der Waals surface area contributed by atoms with Gasteiger partial charge in [0.05, 0.1) is 0 Å². The van der Waals surface area contributed by atoms with Crippen molar-refractivity contribution in [1.29, 1.82) is 0 Å². The van der Waals surface area contributed by atoms with Crippen LogP contribution in [0.1, 0.15) is 32.5 Å². The van der Waals surface area contributed by atoms with E-state index in [2.05, 4.69) is 22.2 Å². The van der Waals surface area contributed by atoms with Crippen LogP contribution in [0.5, 0.6) is 0 Å². The van der Waals surface area contributed by atoms with Crippen LogP contribution in [-0.4, -0.2) is 29.7 Å². The summed E-state index contributed by atoms with van der Waals surface area (Å²) in [6.45, 7) is 6.46. The van der Waals surface area contributed by atoms with E-state index in [1.54, 1.807) is 6.07 Å². The van der Waals surface area contributed by atoms with Crippen molar-refractivity contribution in [2.24, 2.45) is 0 Å². The highest BCUT2D eigenvalue weighted by atomic mass is 16.5. The summed E-state index contributed by atoms with van der Waals surface area (Å²) in [6, 6.07) is 1.76. The van der Waals surface area contributed by atoms with E-state index in [-0.39, 0.29) is 0 Å². The molecule has 0 aliphatic heterocycles. The second-order valence-corrected chi connectivity index (χ2v) is 3.82. The van der Waals surface area contributed by atoms with E-state index in [4.69, 9.17) is 10.5 Å². The summed E-state index contributed by atoms with van der Waals surface area (Å²) in [7, 11) is 0. The molecule has 0 aromatic carbocycles. The smallest absolute Gasteiger partial charge is 0.133 e. The van der Waals surface area contributed by atoms with Gasteiger partial charge in [-0.3, -0.25) is 0 Å². The monoisotopic (exact) mass is 238 g/mol. The van der Waals surface area contributed by atoms with E-state index in [1.165, 1.54) is 0 Å². The fourth-order valence-corrected chi connectivity index (χ4v) is 1.48. The van der Waals surface area contributed by atoms with Crippen molar-refractivity contribution in [2.45, 2.75) is 33.1 Å². The maximum atomic E-state index is 5.73. The zero-order chi connectivity index (χ0) is 12.5. The Kier molecular flexibility index (Phi) is 6.32. The molecule has 0 bridgehead atoms. The number of nitrogens with one attached hydrogen (secondary N) is 1. The third kappa shape index (κ3) is 5.49. The maximum absolute atomic E-state index is 5.73. The molecule has 17 heavy (non-hydrogen) atoms. The van der Waals surface area contributed by atoms with Crippen molar-refractivity contribution < 1.29 is 4.74 Å². The van der Waals surface area contributed by atoms with Gasteiger partial charge >= 0.3 is 0 Å². The number of aryl methyl sites for hydroxylation is 1. The van der Waals surface area contributed by atoms with E-state index in [1.807, 2.05) is 6.92 Å². The van der Waals surface area contributed by atoms with Crippen molar-refractivity contribution in [3.63, 3.8) is 0 Å². The van der Waals surface area contributed by atoms with Gasteiger partial charge in [-0.2, -0.15) is 0 Å². The second kappa shape index (κ2) is 7.84. The van der Waals surface area contributed by atoms with Gasteiger partial charge in [0.25, 0.3) is 0 Å². The molecule has 96 valence electrons. The second-order valence-electron chi connectivity index (χ2n) is 3.82. The van der Waals surface area contributed by atoms with E-state index in [9.17, 15) is 0 Å². The van der Waals surface area contributed by atoms with Crippen molar-refractivity contribution >= 4 is 11.6 Å². The zero-order valence-corrected chi connectivity index (χ0v) is 10.7. The number of nitrogen functional groups attached to an aromatic ring is 1. The Morgan fingerprint density at radius 2 is 2.18 bits per heavy atom. The molecule has 0 fully saturated rings. The van der Waals surface area contributed by atoms with Gasteiger partial charge in [-0.05, 0) is 19.8 Å². The fourth-order valence-electron chi connectivity index (χ4n) is 1.48. The molecule has 5 nitrogen and oxygen atoms in total. The van der Waals surface area contributed by atoms with E-state index in [0.717, 1.165) is 50.7 Å². The molecule has 0 aliphatic rings. The summed E-state index contributed by atoms with van der Waals surface area (Å²) in [5, 5.41) is 3.23. The summed E-state index contributed by atoms with van der Waals surface area (Å²) in [6.07, 6.45) is 2.84. The standard InChI is InChI=1S/C12H22N4O/c1-3-6-11-15-10(13)9-12(16-11)14-7-5-8-17-4-2/h9H,3-8H2,1-2H3,(H3,13,14,15,16). The van der Waals surface area contributed by atoms with E-state index >= 15 is 0 Å². The van der Waals surface area contributed by atoms with Gasteiger partial charge in [-0.15, -0.1) is 0 Å². The molecule has 0 radical (unpaired) electrons. The predicted molar refractivity (Wildman–Crippen MR) is 70.0 cm³/mol. The van der Waals surface area contributed by atoms with Gasteiger partial charge in [0.15, 0.2) is 0 Å². The van der Waals surface area contributed by atoms with Gasteiger partial charge in [0.1, 0.15) is 17.5 Å². The van der Waals surface area contributed by atoms with Crippen LogP contribution in [0.3, 0.4) is 0 Å². The molecule has 1 heterocycles. The largest absolute Gasteiger partial charge is 0.384 e. The minimum Gasteiger partial charge on any atom is -0.384 e. The first-order valence-corrected chi connectivity index (χ1v) is 6.21. The number of ether oxygens (including phenoxy) is 1. The third-order valence-electron chi connectivity index (χ3n) is 2.24. The Bertz CT molecular complexity index is 330. The van der Waals surface area contributed by atoms with Crippen LogP contribution in [0.4, 0.5) is 11.6 Å². The molecular formula is C12H22N4O. The number of nitrogens with two attached hydrogens (primary N) is 1. The third-order valence-corrected chi connectivity index (χ3v) is 2.24. The lowest BCUT2D eigenvalue weighted by Gasteiger charge is -2.08. The molecule has 0 amide bonds. The van der Waals surface area contributed by atoms with Gasteiger partial charge in [0, 0.05) is 32.2 Å².